The summed E-state index contributed by atoms with van der Waals surface area (Å²) < 4.78 is 24.4. The normalized spacial score (nSPS) is 23.2. The fourth-order valence-electron chi connectivity index (χ4n) is 10.9. The van der Waals surface area contributed by atoms with E-state index in [0.29, 0.717) is 74.6 Å². The van der Waals surface area contributed by atoms with Gasteiger partial charge in [-0.1, -0.05) is 49.7 Å². The quantitative estimate of drug-likeness (QED) is 0.0738. The molecule has 3 aliphatic carbocycles. The molecule has 11 nitrogen and oxygen atoms in total. The van der Waals surface area contributed by atoms with Gasteiger partial charge in [-0.05, 0) is 159 Å². The SMILES string of the molecule is C[C@@H](COc1ccnc2c1[C@H](C)CCC2)C[C@H]1Cc2ccc(OCCCC(=O)NCCc3cccc(OCCN4CCOCC4)c3)cc2C12CCC(Nc1cccc(Cl)c1)(C(=O)O)CC2. The summed E-state index contributed by atoms with van der Waals surface area (Å²) in [5, 5.41) is 17.8. The summed E-state index contributed by atoms with van der Waals surface area (Å²) in [4.78, 5) is 33.0. The van der Waals surface area contributed by atoms with Gasteiger partial charge in [-0.2, -0.15) is 0 Å². The standard InChI is InChI=1S/C53H67ClN4O7/c1-37(36-65-48-17-23-55-47-12-3-7-38(2)50(47)48)31-41-33-40-14-15-45(35-46(40)52(41)18-20-53(21-19-52,51(60)61)57-43-10-5-9-42(54)34-43)63-27-6-13-49(59)56-22-16-39-8-4-11-44(32-39)64-30-26-58-24-28-62-29-25-58/h4-5,8-11,14-15,17,23,32,34-35,37-38,41,57H,3,6-7,12-13,16,18-22,24-31,33,36H2,1-2H3,(H,56,59)(H,60,61)/t37-,38-,41+,52?,53?/m1/s1. The molecule has 3 aromatic carbocycles. The number of halogens is 1. The first-order valence-corrected chi connectivity index (χ1v) is 24.4. The van der Waals surface area contributed by atoms with E-state index in [-0.39, 0.29) is 17.2 Å². The average molecular weight is 908 g/mol. The van der Waals surface area contributed by atoms with Gasteiger partial charge in [0.2, 0.25) is 5.91 Å². The lowest BCUT2D eigenvalue weighted by atomic mass is 9.59. The first-order chi connectivity index (χ1) is 31.6. The van der Waals surface area contributed by atoms with Crippen LogP contribution in [0, 0.1) is 11.8 Å². The smallest absolute Gasteiger partial charge is 0.329 e. The number of aromatic nitrogens is 1. The minimum absolute atomic E-state index is 0.00851. The Morgan fingerprint density at radius 1 is 0.969 bits per heavy atom. The Morgan fingerprint density at radius 2 is 1.77 bits per heavy atom. The van der Waals surface area contributed by atoms with Crippen molar-refractivity contribution in [2.24, 2.45) is 11.8 Å². The Morgan fingerprint density at radius 3 is 2.58 bits per heavy atom. The molecule has 1 aliphatic heterocycles. The third-order valence-corrected chi connectivity index (χ3v) is 14.7. The summed E-state index contributed by atoms with van der Waals surface area (Å²) in [5.41, 5.74) is 5.55. The van der Waals surface area contributed by atoms with Gasteiger partial charge in [0.15, 0.2) is 0 Å². The van der Waals surface area contributed by atoms with E-state index in [4.69, 9.17) is 30.5 Å². The predicted octanol–water partition coefficient (Wildman–Crippen LogP) is 9.43. The van der Waals surface area contributed by atoms with Crippen LogP contribution in [0.25, 0.3) is 0 Å². The third kappa shape index (κ3) is 11.6. The molecule has 0 bridgehead atoms. The van der Waals surface area contributed by atoms with E-state index in [9.17, 15) is 14.7 Å². The number of carboxylic acid groups (broad SMARTS) is 1. The molecule has 4 aromatic rings. The zero-order valence-corrected chi connectivity index (χ0v) is 39.0. The number of rotatable bonds is 20. The van der Waals surface area contributed by atoms with Gasteiger partial charge >= 0.3 is 5.97 Å². The summed E-state index contributed by atoms with van der Waals surface area (Å²) in [6, 6.07) is 23.9. The van der Waals surface area contributed by atoms with Gasteiger partial charge in [-0.3, -0.25) is 14.7 Å². The monoisotopic (exact) mass is 906 g/mol. The van der Waals surface area contributed by atoms with Crippen molar-refractivity contribution in [2.75, 3.05) is 64.5 Å². The number of hydrogen-bond acceptors (Lipinski definition) is 9. The number of morpholine rings is 1. The summed E-state index contributed by atoms with van der Waals surface area (Å²) in [6.07, 6.45) is 11.2. The largest absolute Gasteiger partial charge is 0.494 e. The Labute approximate surface area is 389 Å². The molecular weight excluding hydrogens is 840 g/mol. The highest BCUT2D eigenvalue weighted by Gasteiger charge is 2.54. The molecule has 2 heterocycles. The van der Waals surface area contributed by atoms with Crippen LogP contribution in [0.15, 0.2) is 79.0 Å². The average Bonchev–Trinajstić information content (AvgIpc) is 3.59. The Balaban J connectivity index is 0.870. The minimum Gasteiger partial charge on any atom is -0.494 e. The van der Waals surface area contributed by atoms with Crippen molar-refractivity contribution in [1.82, 2.24) is 15.2 Å². The van der Waals surface area contributed by atoms with Gasteiger partial charge in [0.05, 0.1) is 26.4 Å². The molecule has 1 aromatic heterocycles. The molecule has 8 rings (SSSR count). The van der Waals surface area contributed by atoms with Crippen molar-refractivity contribution in [3.8, 4) is 17.2 Å². The van der Waals surface area contributed by atoms with Gasteiger partial charge in [-0.15, -0.1) is 0 Å². The number of aryl methyl sites for hydroxylation is 1. The lowest BCUT2D eigenvalue weighted by molar-refractivity contribution is -0.144. The molecule has 65 heavy (non-hydrogen) atoms. The third-order valence-electron chi connectivity index (χ3n) is 14.5. The fraction of sp³-hybridized carbons (Fsp3) is 0.528. The van der Waals surface area contributed by atoms with Crippen molar-refractivity contribution < 1.29 is 33.6 Å². The van der Waals surface area contributed by atoms with Crippen LogP contribution < -0.4 is 24.8 Å². The van der Waals surface area contributed by atoms with Crippen molar-refractivity contribution in [3.05, 3.63) is 112 Å². The highest BCUT2D eigenvalue weighted by atomic mass is 35.5. The number of amides is 1. The molecule has 0 radical (unpaired) electrons. The second kappa shape index (κ2) is 21.6. The Bertz CT molecular complexity index is 2240. The van der Waals surface area contributed by atoms with Crippen LogP contribution in [0.4, 0.5) is 5.69 Å². The molecule has 3 atom stereocenters. The Hall–Kier alpha value is -4.84. The molecule has 3 N–H and O–H groups in total. The number of aliphatic carboxylic acids is 1. The lowest BCUT2D eigenvalue weighted by Gasteiger charge is -2.47. The van der Waals surface area contributed by atoms with Crippen molar-refractivity contribution in [3.63, 3.8) is 0 Å². The number of ether oxygens (including phenoxy) is 4. The van der Waals surface area contributed by atoms with E-state index in [1.54, 1.807) is 12.1 Å². The number of benzene rings is 3. The topological polar surface area (TPSA) is 131 Å². The first-order valence-electron chi connectivity index (χ1n) is 24.0. The van der Waals surface area contributed by atoms with Crippen molar-refractivity contribution in [2.45, 2.75) is 108 Å². The number of anilines is 1. The predicted molar refractivity (Wildman–Crippen MR) is 255 cm³/mol. The van der Waals surface area contributed by atoms with E-state index in [1.165, 1.54) is 22.4 Å². The van der Waals surface area contributed by atoms with E-state index < -0.39 is 11.5 Å². The van der Waals surface area contributed by atoms with Crippen LogP contribution in [0.5, 0.6) is 17.2 Å². The second-order valence-electron chi connectivity index (χ2n) is 19.0. The summed E-state index contributed by atoms with van der Waals surface area (Å²) in [7, 11) is 0. The number of fused-ring (bicyclic) bond motifs is 3. The maximum atomic E-state index is 13.1. The number of carbonyl (C=O) groups excluding carboxylic acids is 1. The van der Waals surface area contributed by atoms with Gasteiger partial charge in [0.1, 0.15) is 29.4 Å². The maximum Gasteiger partial charge on any atom is 0.329 e. The molecule has 1 spiro atoms. The number of pyridine rings is 1. The zero-order chi connectivity index (χ0) is 45.2. The van der Waals surface area contributed by atoms with Crippen LogP contribution >= 0.6 is 11.6 Å². The van der Waals surface area contributed by atoms with Gasteiger partial charge in [0, 0.05) is 60.8 Å². The number of carbonyl (C=O) groups is 2. The number of nitrogens with one attached hydrogen (secondary N) is 2. The molecule has 1 saturated heterocycles. The number of nitrogens with zero attached hydrogens (tertiary/aromatic N) is 2. The van der Waals surface area contributed by atoms with E-state index in [2.05, 4.69) is 64.7 Å². The second-order valence-corrected chi connectivity index (χ2v) is 19.5. The first kappa shape index (κ1) is 46.7. The van der Waals surface area contributed by atoms with Crippen molar-refractivity contribution >= 4 is 29.2 Å². The van der Waals surface area contributed by atoms with Gasteiger partial charge < -0.3 is 34.7 Å². The minimum atomic E-state index is -1.11. The van der Waals surface area contributed by atoms with Crippen LogP contribution in [-0.2, 0) is 39.0 Å². The summed E-state index contributed by atoms with van der Waals surface area (Å²) >= 11 is 6.33. The lowest BCUT2D eigenvalue weighted by Crippen LogP contribution is -2.53. The van der Waals surface area contributed by atoms with E-state index in [1.807, 2.05) is 36.5 Å². The fourth-order valence-corrected chi connectivity index (χ4v) is 11.1. The molecular formula is C53H67ClN4O7. The molecule has 0 unspecified atom stereocenters. The summed E-state index contributed by atoms with van der Waals surface area (Å²) in [6.45, 7) is 11.1. The molecule has 12 heteroatoms. The molecule has 1 saturated carbocycles. The van der Waals surface area contributed by atoms with E-state index in [0.717, 1.165) is 107 Å². The zero-order valence-electron chi connectivity index (χ0n) is 38.3. The molecule has 4 aliphatic rings. The van der Waals surface area contributed by atoms with Gasteiger partial charge in [0.25, 0.3) is 0 Å². The number of hydrogen-bond donors (Lipinski definition) is 3. The highest BCUT2D eigenvalue weighted by molar-refractivity contribution is 6.30. The Kier molecular flexibility index (Phi) is 15.5. The molecule has 2 fully saturated rings. The van der Waals surface area contributed by atoms with E-state index >= 15 is 0 Å². The van der Waals surface area contributed by atoms with Crippen LogP contribution in [-0.4, -0.2) is 91.6 Å². The van der Waals surface area contributed by atoms with Crippen LogP contribution in [0.3, 0.4) is 0 Å². The van der Waals surface area contributed by atoms with Crippen LogP contribution in [0.1, 0.15) is 106 Å². The van der Waals surface area contributed by atoms with Crippen LogP contribution in [0.2, 0.25) is 5.02 Å². The maximum absolute atomic E-state index is 13.1. The summed E-state index contributed by atoms with van der Waals surface area (Å²) in [5.74, 6) is 2.81. The molecule has 1 amide bonds. The van der Waals surface area contributed by atoms with Crippen molar-refractivity contribution in [1.29, 1.82) is 0 Å². The van der Waals surface area contributed by atoms with Gasteiger partial charge in [-0.25, -0.2) is 4.79 Å². The highest BCUT2D eigenvalue weighted by Crippen LogP contribution is 2.57. The number of carboxylic acids is 1. The molecule has 348 valence electrons.